The van der Waals surface area contributed by atoms with E-state index < -0.39 is 48.4 Å². The summed E-state index contributed by atoms with van der Waals surface area (Å²) in [7, 11) is 0. The van der Waals surface area contributed by atoms with Gasteiger partial charge in [0.2, 0.25) is 17.7 Å². The molecule has 0 bridgehead atoms. The summed E-state index contributed by atoms with van der Waals surface area (Å²) in [6.45, 7) is 0.341. The van der Waals surface area contributed by atoms with Gasteiger partial charge in [-0.2, -0.15) is 0 Å². The van der Waals surface area contributed by atoms with Crippen LogP contribution in [0.1, 0.15) is 12.5 Å². The van der Waals surface area contributed by atoms with Crippen molar-refractivity contribution in [3.63, 3.8) is 0 Å². The molecule has 1 rings (SSSR count). The Morgan fingerprint density at radius 1 is 1.07 bits per heavy atom. The Balaban J connectivity index is 2.61. The van der Waals surface area contributed by atoms with Gasteiger partial charge in [0.05, 0.1) is 19.2 Å². The first-order valence-electron chi connectivity index (χ1n) is 8.39. The Bertz CT molecular complexity index is 706. The van der Waals surface area contributed by atoms with Crippen LogP contribution in [0.2, 0.25) is 0 Å². The van der Waals surface area contributed by atoms with E-state index in [0.717, 1.165) is 0 Å². The van der Waals surface area contributed by atoms with Crippen LogP contribution >= 0.6 is 0 Å². The van der Waals surface area contributed by atoms with Crippen molar-refractivity contribution < 1.29 is 34.5 Å². The van der Waals surface area contributed by atoms with Crippen LogP contribution in [0.25, 0.3) is 0 Å². The summed E-state index contributed by atoms with van der Waals surface area (Å²) in [5, 5.41) is 34.8. The highest BCUT2D eigenvalue weighted by Crippen LogP contribution is 2.11. The molecule has 0 radical (unpaired) electrons. The summed E-state index contributed by atoms with van der Waals surface area (Å²) in [4.78, 5) is 46.7. The number of amides is 3. The topological polar surface area (TPSA) is 191 Å². The fraction of sp³-hybridized carbons (Fsp3) is 0.412. The first-order valence-corrected chi connectivity index (χ1v) is 8.39. The van der Waals surface area contributed by atoms with Gasteiger partial charge < -0.3 is 37.0 Å². The third kappa shape index (κ3) is 7.60. The van der Waals surface area contributed by atoms with Crippen LogP contribution in [0, 0.1) is 0 Å². The predicted molar refractivity (Wildman–Crippen MR) is 97.1 cm³/mol. The minimum atomic E-state index is -1.31. The van der Waals surface area contributed by atoms with Crippen molar-refractivity contribution in [3.05, 3.63) is 29.8 Å². The molecule has 0 aliphatic rings. The number of nitrogens with two attached hydrogens (primary N) is 1. The number of benzene rings is 1. The quantitative estimate of drug-likeness (QED) is 0.225. The van der Waals surface area contributed by atoms with Crippen LogP contribution < -0.4 is 21.7 Å². The Labute approximate surface area is 160 Å². The first kappa shape index (κ1) is 22.9. The van der Waals surface area contributed by atoms with Gasteiger partial charge in [0, 0.05) is 6.42 Å². The highest BCUT2D eigenvalue weighted by atomic mass is 16.4. The third-order valence-electron chi connectivity index (χ3n) is 3.70. The average Bonchev–Trinajstić information content (AvgIpc) is 2.64. The van der Waals surface area contributed by atoms with E-state index in [1.807, 2.05) is 0 Å². The maximum absolute atomic E-state index is 12.0. The molecular formula is C17H24N4O7. The Morgan fingerprint density at radius 3 is 2.18 bits per heavy atom. The lowest BCUT2D eigenvalue weighted by atomic mass is 10.1. The Kier molecular flexibility index (Phi) is 8.85. The molecule has 3 unspecified atom stereocenters. The molecule has 0 aliphatic carbocycles. The number of hydrogen-bond acceptors (Lipinski definition) is 7. The minimum Gasteiger partial charge on any atom is -0.508 e. The summed E-state index contributed by atoms with van der Waals surface area (Å²) < 4.78 is 0. The van der Waals surface area contributed by atoms with Gasteiger partial charge in [0.1, 0.15) is 17.8 Å². The zero-order valence-corrected chi connectivity index (χ0v) is 15.2. The van der Waals surface area contributed by atoms with Crippen molar-refractivity contribution in [3.8, 4) is 5.75 Å². The van der Waals surface area contributed by atoms with E-state index in [9.17, 15) is 34.5 Å². The molecule has 0 spiro atoms. The largest absolute Gasteiger partial charge is 0.508 e. The van der Waals surface area contributed by atoms with Crippen molar-refractivity contribution in [2.45, 2.75) is 31.5 Å². The highest BCUT2D eigenvalue weighted by molar-refractivity contribution is 5.92. The monoisotopic (exact) mass is 396 g/mol. The maximum Gasteiger partial charge on any atom is 0.326 e. The lowest BCUT2D eigenvalue weighted by Crippen LogP contribution is -2.55. The second-order valence-corrected chi connectivity index (χ2v) is 6.04. The molecule has 0 heterocycles. The third-order valence-corrected chi connectivity index (χ3v) is 3.70. The number of aliphatic carboxylic acids is 1. The number of rotatable bonds is 10. The maximum atomic E-state index is 12.0. The molecule has 0 fully saturated rings. The van der Waals surface area contributed by atoms with Crippen LogP contribution in [-0.4, -0.2) is 70.3 Å². The van der Waals surface area contributed by atoms with Crippen LogP contribution in [0.3, 0.4) is 0 Å². The molecular weight excluding hydrogens is 372 g/mol. The number of phenols is 1. The summed E-state index contributed by atoms with van der Waals surface area (Å²) in [5.74, 6) is -3.50. The number of hydrogen-bond donors (Lipinski definition) is 7. The van der Waals surface area contributed by atoms with Gasteiger partial charge in [0.25, 0.3) is 0 Å². The van der Waals surface area contributed by atoms with E-state index in [-0.39, 0.29) is 18.7 Å². The Morgan fingerprint density at radius 2 is 1.68 bits per heavy atom. The minimum absolute atomic E-state index is 0.0248. The number of carbonyl (C=O) groups is 4. The SMILES string of the molecule is CC(O)C(NC(=O)CN)C(=O)NCC(=O)NC(Cc1ccc(O)cc1)C(=O)O. The number of aliphatic hydroxyl groups excluding tert-OH is 1. The van der Waals surface area contributed by atoms with Crippen LogP contribution in [0.5, 0.6) is 5.75 Å². The molecule has 0 saturated heterocycles. The van der Waals surface area contributed by atoms with Crippen molar-refractivity contribution in [1.82, 2.24) is 16.0 Å². The molecule has 1 aromatic carbocycles. The number of carbonyl (C=O) groups excluding carboxylic acids is 3. The van der Waals surface area contributed by atoms with Gasteiger partial charge in [-0.05, 0) is 24.6 Å². The highest BCUT2D eigenvalue weighted by Gasteiger charge is 2.26. The smallest absolute Gasteiger partial charge is 0.326 e. The number of phenolic OH excluding ortho intramolecular Hbond substituents is 1. The van der Waals surface area contributed by atoms with Crippen molar-refractivity contribution in [2.24, 2.45) is 5.73 Å². The fourth-order valence-electron chi connectivity index (χ4n) is 2.23. The Hall–Kier alpha value is -3.18. The second-order valence-electron chi connectivity index (χ2n) is 6.04. The van der Waals surface area contributed by atoms with Gasteiger partial charge in [0.15, 0.2) is 0 Å². The summed E-state index contributed by atoms with van der Waals surface area (Å²) in [6, 6.07) is 3.26. The fourth-order valence-corrected chi connectivity index (χ4v) is 2.23. The van der Waals surface area contributed by atoms with Gasteiger partial charge >= 0.3 is 5.97 Å². The average molecular weight is 396 g/mol. The molecule has 0 aliphatic heterocycles. The molecule has 1 aromatic rings. The number of aromatic hydroxyl groups is 1. The zero-order chi connectivity index (χ0) is 21.3. The van der Waals surface area contributed by atoms with Gasteiger partial charge in [-0.1, -0.05) is 12.1 Å². The molecule has 0 aromatic heterocycles. The number of aliphatic hydroxyl groups is 1. The lowest BCUT2D eigenvalue weighted by Gasteiger charge is -2.21. The van der Waals surface area contributed by atoms with Gasteiger partial charge in [-0.15, -0.1) is 0 Å². The zero-order valence-electron chi connectivity index (χ0n) is 15.2. The van der Waals surface area contributed by atoms with E-state index in [0.29, 0.717) is 5.56 Å². The lowest BCUT2D eigenvalue weighted by molar-refractivity contribution is -0.141. The van der Waals surface area contributed by atoms with Crippen LogP contribution in [0.15, 0.2) is 24.3 Å². The van der Waals surface area contributed by atoms with Crippen LogP contribution in [-0.2, 0) is 25.6 Å². The summed E-state index contributed by atoms with van der Waals surface area (Å²) in [6.07, 6.45) is -1.27. The number of carboxylic acid groups (broad SMARTS) is 1. The van der Waals surface area contributed by atoms with E-state index in [4.69, 9.17) is 5.73 Å². The first-order chi connectivity index (χ1) is 13.1. The molecule has 11 heteroatoms. The van der Waals surface area contributed by atoms with Crippen LogP contribution in [0.4, 0.5) is 0 Å². The molecule has 154 valence electrons. The van der Waals surface area contributed by atoms with Gasteiger partial charge in [-0.3, -0.25) is 14.4 Å². The van der Waals surface area contributed by atoms with Crippen molar-refractivity contribution in [1.29, 1.82) is 0 Å². The van der Waals surface area contributed by atoms with E-state index in [1.165, 1.54) is 31.2 Å². The normalized spacial score (nSPS) is 13.7. The second kappa shape index (κ2) is 10.8. The summed E-state index contributed by atoms with van der Waals surface area (Å²) >= 11 is 0. The molecule has 3 amide bonds. The molecule has 11 nitrogen and oxygen atoms in total. The molecule has 0 saturated carbocycles. The standard InChI is InChI=1S/C17H24N4O7/c1-9(22)15(21-13(24)7-18)16(26)19-8-14(25)20-12(17(27)28)6-10-2-4-11(23)5-3-10/h2-5,9,12,15,22-23H,6-8,18H2,1H3,(H,19,26)(H,20,25)(H,21,24)(H,27,28). The van der Waals surface area contributed by atoms with E-state index in [2.05, 4.69) is 16.0 Å². The molecule has 8 N–H and O–H groups in total. The van der Waals surface area contributed by atoms with E-state index in [1.54, 1.807) is 0 Å². The van der Waals surface area contributed by atoms with E-state index >= 15 is 0 Å². The van der Waals surface area contributed by atoms with Crippen molar-refractivity contribution in [2.75, 3.05) is 13.1 Å². The molecule has 3 atom stereocenters. The number of carboxylic acids is 1. The summed E-state index contributed by atoms with van der Waals surface area (Å²) in [5.41, 5.74) is 5.72. The molecule has 28 heavy (non-hydrogen) atoms. The van der Waals surface area contributed by atoms with Crippen molar-refractivity contribution >= 4 is 23.7 Å². The van der Waals surface area contributed by atoms with Gasteiger partial charge in [-0.25, -0.2) is 4.79 Å². The predicted octanol–water partition coefficient (Wildman–Crippen LogP) is -2.56. The number of nitrogens with one attached hydrogen (secondary N) is 3.